The van der Waals surface area contributed by atoms with Crippen molar-refractivity contribution in [1.29, 1.82) is 0 Å². The summed E-state index contributed by atoms with van der Waals surface area (Å²) in [6, 6.07) is 9.16. The van der Waals surface area contributed by atoms with Gasteiger partial charge in [-0.05, 0) is 78.0 Å². The van der Waals surface area contributed by atoms with E-state index in [1.807, 2.05) is 13.0 Å². The first-order valence-corrected chi connectivity index (χ1v) is 11.1. The summed E-state index contributed by atoms with van der Waals surface area (Å²) in [7, 11) is 0. The molecule has 6 heteroatoms. The third kappa shape index (κ3) is 3.12. The average Bonchev–Trinajstić information content (AvgIpc) is 3.41. The Kier molecular flexibility index (Phi) is 4.74. The Morgan fingerprint density at radius 3 is 2.32 bits per heavy atom. The number of hydrogen-bond acceptors (Lipinski definition) is 2. The molecule has 5 rings (SSSR count). The SMILES string of the molecule is CCc1ccc(-c2ccc(Cl)c(C(F)(F)F)c2)cc1C1=C(O)[C@@H]2[C@@H]3CC[C@@H](C3)[C@@H]2C1=O. The summed E-state index contributed by atoms with van der Waals surface area (Å²) in [5.41, 5.74) is 1.94. The predicted octanol–water partition coefficient (Wildman–Crippen LogP) is 7.10. The number of ketones is 1. The first kappa shape index (κ1) is 20.6. The lowest BCUT2D eigenvalue weighted by molar-refractivity contribution is -0.137. The number of carbonyl (C=O) groups is 1. The van der Waals surface area contributed by atoms with Crippen LogP contribution in [0.1, 0.15) is 42.9 Å². The van der Waals surface area contributed by atoms with Gasteiger partial charge in [-0.2, -0.15) is 13.2 Å². The van der Waals surface area contributed by atoms with E-state index >= 15 is 0 Å². The van der Waals surface area contributed by atoms with Crippen LogP contribution in [0.3, 0.4) is 0 Å². The number of rotatable bonds is 3. The van der Waals surface area contributed by atoms with E-state index in [0.29, 0.717) is 40.5 Å². The van der Waals surface area contributed by atoms with Crippen LogP contribution >= 0.6 is 11.6 Å². The van der Waals surface area contributed by atoms with Gasteiger partial charge in [0.25, 0.3) is 0 Å². The molecule has 0 aromatic heterocycles. The van der Waals surface area contributed by atoms with Gasteiger partial charge in [-0.3, -0.25) is 4.79 Å². The fourth-order valence-electron chi connectivity index (χ4n) is 6.01. The first-order valence-electron chi connectivity index (χ1n) is 10.7. The van der Waals surface area contributed by atoms with Crippen molar-refractivity contribution in [2.24, 2.45) is 23.7 Å². The highest BCUT2D eigenvalue weighted by Gasteiger charge is 2.57. The van der Waals surface area contributed by atoms with Gasteiger partial charge in [0.2, 0.25) is 0 Å². The van der Waals surface area contributed by atoms with Crippen molar-refractivity contribution in [3.05, 3.63) is 63.9 Å². The van der Waals surface area contributed by atoms with Crippen molar-refractivity contribution < 1.29 is 23.1 Å². The van der Waals surface area contributed by atoms with Crippen LogP contribution in [0.25, 0.3) is 16.7 Å². The molecule has 2 bridgehead atoms. The van der Waals surface area contributed by atoms with Crippen molar-refractivity contribution in [2.45, 2.75) is 38.8 Å². The monoisotopic (exact) mass is 446 g/mol. The molecule has 0 heterocycles. The Morgan fingerprint density at radius 2 is 1.68 bits per heavy atom. The van der Waals surface area contributed by atoms with Gasteiger partial charge >= 0.3 is 6.18 Å². The smallest absolute Gasteiger partial charge is 0.417 e. The summed E-state index contributed by atoms with van der Waals surface area (Å²) in [4.78, 5) is 13.3. The Labute approximate surface area is 183 Å². The number of allylic oxidation sites excluding steroid dienone is 2. The standard InChI is InChI=1S/C25H22ClF3O2/c1-2-12-3-4-13(14-7-8-19(26)18(11-14)25(27,28)29)10-17(12)22-23(30)20-15-5-6-16(9-15)21(20)24(22)31/h3-4,7-8,10-11,15-16,20-21,30H,2,5-6,9H2,1H3/t15-,16+,20-,21+/m1/s1. The van der Waals surface area contributed by atoms with Crippen molar-refractivity contribution in [3.8, 4) is 11.1 Å². The van der Waals surface area contributed by atoms with E-state index in [2.05, 4.69) is 0 Å². The molecule has 31 heavy (non-hydrogen) atoms. The number of hydrogen-bond donors (Lipinski definition) is 1. The molecule has 0 amide bonds. The van der Waals surface area contributed by atoms with E-state index in [9.17, 15) is 23.1 Å². The molecule has 2 nitrogen and oxygen atoms in total. The molecule has 0 saturated heterocycles. The molecule has 2 aromatic rings. The van der Waals surface area contributed by atoms with Crippen LogP contribution in [0, 0.1) is 23.7 Å². The lowest BCUT2D eigenvalue weighted by Gasteiger charge is -2.23. The van der Waals surface area contributed by atoms with Crippen LogP contribution in [-0.4, -0.2) is 10.9 Å². The van der Waals surface area contributed by atoms with E-state index < -0.39 is 11.7 Å². The molecule has 0 unspecified atom stereocenters. The number of aryl methyl sites for hydroxylation is 1. The summed E-state index contributed by atoms with van der Waals surface area (Å²) < 4.78 is 40.0. The molecule has 2 aromatic carbocycles. The second-order valence-corrected chi connectivity index (χ2v) is 9.33. The quantitative estimate of drug-likeness (QED) is 0.545. The fraction of sp³-hybridized carbons (Fsp3) is 0.400. The maximum absolute atomic E-state index is 13.3. The Hall–Kier alpha value is -2.27. The second kappa shape index (κ2) is 7.13. The number of aliphatic hydroxyl groups is 1. The zero-order chi connectivity index (χ0) is 22.1. The molecule has 0 aliphatic heterocycles. The van der Waals surface area contributed by atoms with Crippen molar-refractivity contribution >= 4 is 23.0 Å². The van der Waals surface area contributed by atoms with E-state index in [1.54, 1.807) is 18.2 Å². The summed E-state index contributed by atoms with van der Waals surface area (Å²) in [5, 5.41) is 10.7. The topological polar surface area (TPSA) is 37.3 Å². The number of Topliss-reactive ketones (excluding diaryl/α,β-unsaturated/α-hetero) is 1. The Morgan fingerprint density at radius 1 is 1.03 bits per heavy atom. The Balaban J connectivity index is 1.62. The fourth-order valence-corrected chi connectivity index (χ4v) is 6.24. The van der Waals surface area contributed by atoms with Gasteiger partial charge < -0.3 is 5.11 Å². The number of aliphatic hydroxyl groups excluding tert-OH is 1. The molecule has 2 saturated carbocycles. The van der Waals surface area contributed by atoms with E-state index in [4.69, 9.17) is 11.6 Å². The number of fused-ring (bicyclic) bond motifs is 5. The van der Waals surface area contributed by atoms with E-state index in [1.165, 1.54) is 6.07 Å². The van der Waals surface area contributed by atoms with E-state index in [-0.39, 0.29) is 28.4 Å². The highest BCUT2D eigenvalue weighted by Crippen LogP contribution is 2.60. The number of carbonyl (C=O) groups excluding carboxylic acids is 1. The van der Waals surface area contributed by atoms with Crippen LogP contribution in [-0.2, 0) is 17.4 Å². The Bertz CT molecular complexity index is 1120. The van der Waals surface area contributed by atoms with Gasteiger partial charge in [0.05, 0.1) is 16.2 Å². The number of halogens is 4. The number of alkyl halides is 3. The summed E-state index contributed by atoms with van der Waals surface area (Å²) >= 11 is 5.77. The lowest BCUT2D eigenvalue weighted by Crippen LogP contribution is -2.24. The molecule has 3 aliphatic carbocycles. The average molecular weight is 447 g/mol. The minimum atomic E-state index is -4.56. The normalized spacial score (nSPS) is 27.3. The van der Waals surface area contributed by atoms with Crippen molar-refractivity contribution in [2.75, 3.05) is 0 Å². The van der Waals surface area contributed by atoms with Crippen molar-refractivity contribution in [1.82, 2.24) is 0 Å². The minimum absolute atomic E-state index is 0.00589. The van der Waals surface area contributed by atoms with Gasteiger partial charge in [-0.25, -0.2) is 0 Å². The van der Waals surface area contributed by atoms with Gasteiger partial charge in [0.1, 0.15) is 5.76 Å². The van der Waals surface area contributed by atoms with Crippen LogP contribution in [0.4, 0.5) is 13.2 Å². The van der Waals surface area contributed by atoms with Crippen molar-refractivity contribution in [3.63, 3.8) is 0 Å². The second-order valence-electron chi connectivity index (χ2n) is 8.93. The lowest BCUT2D eigenvalue weighted by atomic mass is 9.80. The molecular weight excluding hydrogens is 425 g/mol. The third-order valence-electron chi connectivity index (χ3n) is 7.40. The van der Waals surface area contributed by atoms with Crippen LogP contribution in [0.15, 0.2) is 42.2 Å². The summed E-state index contributed by atoms with van der Waals surface area (Å²) in [6.45, 7) is 1.96. The number of benzene rings is 2. The molecule has 0 spiro atoms. The molecule has 0 radical (unpaired) electrons. The summed E-state index contributed by atoms with van der Waals surface area (Å²) in [5.74, 6) is 0.627. The van der Waals surface area contributed by atoms with Gasteiger partial charge in [-0.1, -0.05) is 36.7 Å². The molecule has 2 fully saturated rings. The van der Waals surface area contributed by atoms with Crippen LogP contribution < -0.4 is 0 Å². The molecule has 4 atom stereocenters. The maximum atomic E-state index is 13.3. The van der Waals surface area contributed by atoms with Gasteiger partial charge in [0.15, 0.2) is 5.78 Å². The van der Waals surface area contributed by atoms with Gasteiger partial charge in [-0.15, -0.1) is 0 Å². The first-order chi connectivity index (χ1) is 14.7. The van der Waals surface area contributed by atoms with Crippen LogP contribution in [0.2, 0.25) is 5.02 Å². The summed E-state index contributed by atoms with van der Waals surface area (Å²) in [6.07, 6.45) is -0.829. The zero-order valence-corrected chi connectivity index (χ0v) is 17.7. The van der Waals surface area contributed by atoms with Gasteiger partial charge in [0, 0.05) is 11.8 Å². The van der Waals surface area contributed by atoms with E-state index in [0.717, 1.165) is 30.9 Å². The maximum Gasteiger partial charge on any atom is 0.417 e. The minimum Gasteiger partial charge on any atom is -0.511 e. The highest BCUT2D eigenvalue weighted by atomic mass is 35.5. The molecule has 1 N–H and O–H groups in total. The van der Waals surface area contributed by atoms with Crippen LogP contribution in [0.5, 0.6) is 0 Å². The molecule has 162 valence electrons. The molecular formula is C25H22ClF3O2. The largest absolute Gasteiger partial charge is 0.511 e. The third-order valence-corrected chi connectivity index (χ3v) is 7.73. The highest BCUT2D eigenvalue weighted by molar-refractivity contribution is 6.31. The molecule has 3 aliphatic rings. The predicted molar refractivity (Wildman–Crippen MR) is 114 cm³/mol. The zero-order valence-electron chi connectivity index (χ0n) is 17.0.